The van der Waals surface area contributed by atoms with Crippen molar-refractivity contribution in [3.05, 3.63) is 314 Å². The number of hydrogen-bond donors (Lipinski definition) is 4. The van der Waals surface area contributed by atoms with Crippen molar-refractivity contribution < 1.29 is 66.9 Å². The van der Waals surface area contributed by atoms with Crippen LogP contribution in [0.2, 0.25) is 0 Å². The fourth-order valence-corrected chi connectivity index (χ4v) is 16.8. The van der Waals surface area contributed by atoms with Gasteiger partial charge in [0.05, 0.1) is 22.3 Å². The molecule has 4 N–H and O–H groups in total. The molecule has 0 aromatic heterocycles. The summed E-state index contributed by atoms with van der Waals surface area (Å²) in [6.45, 7) is 27.9. The van der Waals surface area contributed by atoms with Gasteiger partial charge in [-0.1, -0.05) is 224 Å². The number of ether oxygens (including phenoxy) is 4. The number of imide groups is 2. The Labute approximate surface area is 754 Å². The van der Waals surface area contributed by atoms with E-state index in [1.807, 2.05) is 198 Å². The molecule has 0 aliphatic carbocycles. The maximum absolute atomic E-state index is 17.1. The molecule has 0 fully saturated rings. The van der Waals surface area contributed by atoms with E-state index in [4.69, 9.17) is 18.9 Å². The monoisotopic (exact) mass is 1730 g/mol. The van der Waals surface area contributed by atoms with Gasteiger partial charge in [0.15, 0.2) is 0 Å². The number of fused-ring (bicyclic) bond motifs is 2. The topological polar surface area (TPSA) is 269 Å². The Balaban J connectivity index is 1.06. The lowest BCUT2D eigenvalue weighted by molar-refractivity contribution is -0.136. The molecular weight excluding hydrogens is 1630 g/mol. The van der Waals surface area contributed by atoms with Gasteiger partial charge in [-0.25, -0.2) is 0 Å². The van der Waals surface area contributed by atoms with Crippen LogP contribution in [0, 0.1) is 11.8 Å². The van der Waals surface area contributed by atoms with Crippen molar-refractivity contribution in [1.82, 2.24) is 40.9 Å². The minimum absolute atomic E-state index is 0.0182. The van der Waals surface area contributed by atoms with Crippen LogP contribution in [-0.2, 0) is 28.8 Å². The Kier molecular flexibility index (Phi) is 26.6. The van der Waals surface area contributed by atoms with Crippen molar-refractivity contribution in [2.75, 3.05) is 52.4 Å². The summed E-state index contributed by atoms with van der Waals surface area (Å²) < 4.78 is 29.9. The van der Waals surface area contributed by atoms with Gasteiger partial charge < -0.3 is 50.0 Å². The predicted molar refractivity (Wildman–Crippen MR) is 507 cm³/mol. The Morgan fingerprint density at radius 3 is 0.685 bits per heavy atom. The van der Waals surface area contributed by atoms with E-state index in [-0.39, 0.29) is 211 Å². The van der Waals surface area contributed by atoms with Crippen molar-refractivity contribution in [1.29, 1.82) is 0 Å². The van der Waals surface area contributed by atoms with E-state index in [9.17, 15) is 19.2 Å². The summed E-state index contributed by atoms with van der Waals surface area (Å²) in [5.74, 6) is -6.60. The molecule has 0 saturated carbocycles. The van der Waals surface area contributed by atoms with E-state index in [2.05, 4.69) is 47.6 Å². The molecule has 2 heterocycles. The molecule has 15 rings (SSSR count). The van der Waals surface area contributed by atoms with Crippen LogP contribution in [0.3, 0.4) is 0 Å². The van der Waals surface area contributed by atoms with Gasteiger partial charge in [0.25, 0.3) is 23.6 Å². The number of carbonyl (C=O) groups excluding carboxylic acids is 10. The third kappa shape index (κ3) is 18.8. The van der Waals surface area contributed by atoms with E-state index in [1.165, 1.54) is 9.80 Å². The van der Waals surface area contributed by atoms with Crippen LogP contribution in [-0.4, -0.2) is 143 Å². The van der Waals surface area contributed by atoms with E-state index < -0.39 is 71.2 Å². The first-order valence-corrected chi connectivity index (χ1v) is 43.4. The number of amides is 10. The SMILES string of the molecule is C=C(C)C(=O)NCCN(CCNC(=O)C(=C)C)C(=O)C(CC(C)C)N1C(=O)c2cc(Oc3ccc(-c4ccccc4)cc3)c3c4c(Oc5ccc(-c6ccccc6)cc5)cc5c6c(cc(Oc7ccc(-c8ccccc8)cc7)c(c7c(Oc8ccc(-c9ccccc9)cc8)cc(c2c37)C1=O)c64)C(=O)N(C(CC(C)C)C(=O)N(CCNC(=O)C(=C)C)CCNC(=O)C(=C)C)C5=O. The maximum atomic E-state index is 17.1. The Morgan fingerprint density at radius 2 is 0.492 bits per heavy atom. The molecular formula is C108H100N8O14. The third-order valence-corrected chi connectivity index (χ3v) is 23.1. The Bertz CT molecular complexity index is 5890. The van der Waals surface area contributed by atoms with Gasteiger partial charge in [-0.15, -0.1) is 0 Å². The van der Waals surface area contributed by atoms with Crippen LogP contribution in [0.25, 0.3) is 87.6 Å². The van der Waals surface area contributed by atoms with Gasteiger partial charge in [0.2, 0.25) is 35.4 Å². The second-order valence-electron chi connectivity index (χ2n) is 33.7. The molecule has 2 aliphatic rings. The highest BCUT2D eigenvalue weighted by atomic mass is 16.5. The summed E-state index contributed by atoms with van der Waals surface area (Å²) in [5, 5.41) is 12.5. The zero-order valence-corrected chi connectivity index (χ0v) is 73.8. The third-order valence-electron chi connectivity index (χ3n) is 23.1. The first-order valence-electron chi connectivity index (χ1n) is 43.4. The maximum Gasteiger partial charge on any atom is 0.262 e. The summed E-state index contributed by atoms with van der Waals surface area (Å²) in [6, 6.07) is 71.3. The summed E-state index contributed by atoms with van der Waals surface area (Å²) >= 11 is 0. The molecule has 0 spiro atoms. The average molecular weight is 1730 g/mol. The molecule has 0 bridgehead atoms. The molecule has 0 saturated heterocycles. The fraction of sp³-hybridized carbons (Fsp3) is 0.204. The van der Waals surface area contributed by atoms with Gasteiger partial charge >= 0.3 is 0 Å². The van der Waals surface area contributed by atoms with E-state index in [0.29, 0.717) is 0 Å². The number of rotatable bonds is 36. The molecule has 22 heteroatoms. The molecule has 13 aromatic rings. The highest BCUT2D eigenvalue weighted by molar-refractivity contribution is 6.45. The van der Waals surface area contributed by atoms with Crippen LogP contribution in [0.5, 0.6) is 46.0 Å². The normalized spacial score (nSPS) is 12.7. The van der Waals surface area contributed by atoms with E-state index in [1.54, 1.807) is 100 Å². The summed E-state index contributed by atoms with van der Waals surface area (Å²) in [6.07, 6.45) is -0.146. The van der Waals surface area contributed by atoms with Crippen molar-refractivity contribution in [2.24, 2.45) is 11.8 Å². The lowest BCUT2D eigenvalue weighted by atomic mass is 9.80. The molecule has 0 radical (unpaired) electrons. The largest absolute Gasteiger partial charge is 0.457 e. The van der Waals surface area contributed by atoms with Crippen molar-refractivity contribution in [3.8, 4) is 90.5 Å². The second kappa shape index (κ2) is 38.7. The quantitative estimate of drug-likeness (QED) is 0.0123. The standard InChI is InChI=1S/C108H100N8O14/c1-63(2)57-85(107(125)113(53-49-109-99(117)65(5)6)54-50-110-100(118)66(7)8)115-103(121)81-59-87(127-77-41-33-73(34-42-77)69-25-17-13-18-26-69)93-95-89(129-79-45-37-75(38-46-79)71-29-21-15-22-30-71)61-83-92-84(106(124)116(105(83)123)86(58-64(3)4)108(126)114(55-51-111-101(119)67(9)10)56-52-112-102(120)68(11)12)62-90(130-80-47-39-76(40-48-80)72-31-23-16-24-32-72)96(98(92)95)94-88(60-82(104(115)122)91(81)97(93)94)128-78-43-35-74(36-44-78)70-27-19-14-20-28-70/h13-48,59-64,85-86H,5,7,9,11,49-58H2,1-4,6,8,10,12H3,(H,109,117)(H,110,118)(H,111,119)(H,112,120). The van der Waals surface area contributed by atoms with Crippen LogP contribution in [0.15, 0.2) is 291 Å². The van der Waals surface area contributed by atoms with Gasteiger partial charge in [0.1, 0.15) is 58.1 Å². The van der Waals surface area contributed by atoms with Gasteiger partial charge in [-0.3, -0.25) is 57.7 Å². The number of hydrogen-bond acceptors (Lipinski definition) is 14. The molecule has 22 nitrogen and oxygen atoms in total. The molecule has 130 heavy (non-hydrogen) atoms. The molecule has 2 unspecified atom stereocenters. The zero-order chi connectivity index (χ0) is 91.9. The lowest BCUT2D eigenvalue weighted by Gasteiger charge is -2.38. The zero-order valence-electron chi connectivity index (χ0n) is 73.8. The van der Waals surface area contributed by atoms with Crippen LogP contribution in [0.4, 0.5) is 0 Å². The lowest BCUT2D eigenvalue weighted by Crippen LogP contribution is -2.56. The minimum atomic E-state index is -1.55. The summed E-state index contributed by atoms with van der Waals surface area (Å²) in [5.41, 5.74) is 7.42. The Morgan fingerprint density at radius 1 is 0.292 bits per heavy atom. The van der Waals surface area contributed by atoms with Gasteiger partial charge in [-0.2, -0.15) is 0 Å². The average Bonchev–Trinajstić information content (AvgIpc) is 0.668. The molecule has 13 aromatic carbocycles. The predicted octanol–water partition coefficient (Wildman–Crippen LogP) is 20.0. The minimum Gasteiger partial charge on any atom is -0.457 e. The van der Waals surface area contributed by atoms with Crippen LogP contribution >= 0.6 is 0 Å². The summed E-state index contributed by atoms with van der Waals surface area (Å²) in [4.78, 5) is 158. The van der Waals surface area contributed by atoms with Crippen LogP contribution in [0.1, 0.15) is 110 Å². The first-order chi connectivity index (χ1) is 62.6. The van der Waals surface area contributed by atoms with Crippen molar-refractivity contribution in [2.45, 2.75) is 80.3 Å². The highest BCUT2D eigenvalue weighted by Gasteiger charge is 2.48. The van der Waals surface area contributed by atoms with Crippen LogP contribution < -0.4 is 40.2 Å². The number of benzene rings is 13. The van der Waals surface area contributed by atoms with Crippen molar-refractivity contribution >= 4 is 102 Å². The molecule has 656 valence electrons. The fourth-order valence-electron chi connectivity index (χ4n) is 16.8. The van der Waals surface area contributed by atoms with Crippen molar-refractivity contribution in [3.63, 3.8) is 0 Å². The molecule has 2 aliphatic heterocycles. The molecule has 2 atom stereocenters. The second-order valence-corrected chi connectivity index (χ2v) is 33.7. The molecule has 10 amide bonds. The number of nitrogens with zero attached hydrogens (tertiary/aromatic N) is 4. The number of carbonyl (C=O) groups is 10. The smallest absolute Gasteiger partial charge is 0.262 e. The van der Waals surface area contributed by atoms with Gasteiger partial charge in [0, 0.05) is 118 Å². The highest BCUT2D eigenvalue weighted by Crippen LogP contribution is 2.59. The number of nitrogens with one attached hydrogen (secondary N) is 4. The first kappa shape index (κ1) is 89.3. The van der Waals surface area contributed by atoms with E-state index >= 15 is 28.8 Å². The van der Waals surface area contributed by atoms with E-state index in [0.717, 1.165) is 54.3 Å². The summed E-state index contributed by atoms with van der Waals surface area (Å²) in [7, 11) is 0. The Hall–Kier alpha value is -15.6. The van der Waals surface area contributed by atoms with Gasteiger partial charge in [-0.05, 0) is 170 Å².